The van der Waals surface area contributed by atoms with Gasteiger partial charge in [-0.25, -0.2) is 4.79 Å². The highest BCUT2D eigenvalue weighted by Crippen LogP contribution is 2.28. The zero-order valence-corrected chi connectivity index (χ0v) is 12.8. The van der Waals surface area contributed by atoms with E-state index in [9.17, 15) is 14.7 Å². The number of carbonyl (C=O) groups excluding carboxylic acids is 1. The summed E-state index contributed by atoms with van der Waals surface area (Å²) in [4.78, 5) is 23.9. The van der Waals surface area contributed by atoms with Crippen LogP contribution in [0.3, 0.4) is 0 Å². The molecule has 2 aromatic carbocycles. The highest BCUT2D eigenvalue weighted by atomic mass is 16.4. The number of benzene rings is 2. The Kier molecular flexibility index (Phi) is 4.42. The quantitative estimate of drug-likeness (QED) is 0.887. The van der Waals surface area contributed by atoms with Crippen molar-refractivity contribution in [1.82, 2.24) is 5.32 Å². The minimum absolute atomic E-state index is 0.146. The Labute approximate surface area is 135 Å². The molecule has 0 radical (unpaired) electrons. The molecule has 3 rings (SSSR count). The third kappa shape index (κ3) is 3.26. The van der Waals surface area contributed by atoms with Gasteiger partial charge in [0.15, 0.2) is 0 Å². The Morgan fingerprint density at radius 2 is 1.52 bits per heavy atom. The molecule has 0 aromatic heterocycles. The molecule has 0 spiro atoms. The first-order chi connectivity index (χ1) is 11.2. The molecule has 2 aromatic rings. The van der Waals surface area contributed by atoms with Crippen LogP contribution in [0.1, 0.15) is 40.0 Å². The lowest BCUT2D eigenvalue weighted by Crippen LogP contribution is -2.32. The molecule has 0 bridgehead atoms. The predicted molar refractivity (Wildman–Crippen MR) is 88.5 cm³/mol. The van der Waals surface area contributed by atoms with E-state index in [4.69, 9.17) is 0 Å². The van der Waals surface area contributed by atoms with Gasteiger partial charge >= 0.3 is 5.97 Å². The van der Waals surface area contributed by atoms with Gasteiger partial charge in [-0.3, -0.25) is 4.79 Å². The van der Waals surface area contributed by atoms with E-state index in [0.29, 0.717) is 29.2 Å². The van der Waals surface area contributed by atoms with Crippen molar-refractivity contribution in [2.24, 2.45) is 5.92 Å². The fraction of sp³-hybridized carbons (Fsp3) is 0.263. The standard InChI is InChI=1S/C19H19NO3/c21-18(20-12-13-6-5-7-13)16-10-3-1-8-14(16)15-9-2-4-11-17(15)19(22)23/h1-4,8-11,13H,5-7,12H2,(H,20,21)(H,22,23). The van der Waals surface area contributed by atoms with Gasteiger partial charge in [-0.1, -0.05) is 42.8 Å². The molecule has 1 amide bonds. The first-order valence-corrected chi connectivity index (χ1v) is 7.86. The molecule has 0 unspecified atom stereocenters. The SMILES string of the molecule is O=C(O)c1ccccc1-c1ccccc1C(=O)NCC1CCC1. The summed E-state index contributed by atoms with van der Waals surface area (Å²) in [5.74, 6) is -0.560. The normalized spacial score (nSPS) is 14.1. The molecule has 1 aliphatic rings. The van der Waals surface area contributed by atoms with Crippen LogP contribution in [0.15, 0.2) is 48.5 Å². The number of hydrogen-bond acceptors (Lipinski definition) is 2. The number of carboxylic acids is 1. The Bertz CT molecular complexity index is 735. The van der Waals surface area contributed by atoms with Crippen LogP contribution in [-0.2, 0) is 0 Å². The fourth-order valence-corrected chi connectivity index (χ4v) is 2.85. The zero-order valence-electron chi connectivity index (χ0n) is 12.8. The van der Waals surface area contributed by atoms with Gasteiger partial charge in [-0.05, 0) is 42.0 Å². The van der Waals surface area contributed by atoms with E-state index >= 15 is 0 Å². The molecule has 4 nitrogen and oxygen atoms in total. The van der Waals surface area contributed by atoms with Crippen LogP contribution in [0.25, 0.3) is 11.1 Å². The number of nitrogens with one attached hydrogen (secondary N) is 1. The Hall–Kier alpha value is -2.62. The van der Waals surface area contributed by atoms with Crippen molar-refractivity contribution in [1.29, 1.82) is 0 Å². The summed E-state index contributed by atoms with van der Waals surface area (Å²) < 4.78 is 0. The minimum atomic E-state index is -0.995. The van der Waals surface area contributed by atoms with E-state index in [0.717, 1.165) is 0 Å². The van der Waals surface area contributed by atoms with Crippen molar-refractivity contribution in [3.05, 3.63) is 59.7 Å². The molecule has 118 valence electrons. The van der Waals surface area contributed by atoms with Gasteiger partial charge in [-0.15, -0.1) is 0 Å². The maximum Gasteiger partial charge on any atom is 0.336 e. The molecule has 1 fully saturated rings. The van der Waals surface area contributed by atoms with E-state index in [1.807, 2.05) is 6.07 Å². The summed E-state index contributed by atoms with van der Waals surface area (Å²) >= 11 is 0. The lowest BCUT2D eigenvalue weighted by atomic mass is 9.85. The second-order valence-electron chi connectivity index (χ2n) is 5.90. The van der Waals surface area contributed by atoms with Gasteiger partial charge in [0.1, 0.15) is 0 Å². The maximum absolute atomic E-state index is 12.5. The summed E-state index contributed by atoms with van der Waals surface area (Å²) in [5.41, 5.74) is 1.93. The molecule has 0 saturated heterocycles. The minimum Gasteiger partial charge on any atom is -0.478 e. The van der Waals surface area contributed by atoms with E-state index in [1.54, 1.807) is 42.5 Å². The average Bonchev–Trinajstić information content (AvgIpc) is 2.53. The van der Waals surface area contributed by atoms with Crippen molar-refractivity contribution in [3.63, 3.8) is 0 Å². The second-order valence-corrected chi connectivity index (χ2v) is 5.90. The first-order valence-electron chi connectivity index (χ1n) is 7.86. The van der Waals surface area contributed by atoms with E-state index < -0.39 is 5.97 Å². The molecular formula is C19H19NO3. The number of carboxylic acid groups (broad SMARTS) is 1. The number of carbonyl (C=O) groups is 2. The van der Waals surface area contributed by atoms with Crippen molar-refractivity contribution >= 4 is 11.9 Å². The number of amides is 1. The first kappa shape index (κ1) is 15.3. The molecule has 1 aliphatic carbocycles. The monoisotopic (exact) mass is 309 g/mol. The topological polar surface area (TPSA) is 66.4 Å². The third-order valence-electron chi connectivity index (χ3n) is 4.40. The molecule has 2 N–H and O–H groups in total. The highest BCUT2D eigenvalue weighted by molar-refractivity contribution is 6.04. The van der Waals surface area contributed by atoms with Crippen molar-refractivity contribution in [2.75, 3.05) is 6.54 Å². The largest absolute Gasteiger partial charge is 0.478 e. The van der Waals surface area contributed by atoms with E-state index in [-0.39, 0.29) is 11.5 Å². The Balaban J connectivity index is 1.91. The van der Waals surface area contributed by atoms with Gasteiger partial charge in [0.2, 0.25) is 0 Å². The van der Waals surface area contributed by atoms with Crippen LogP contribution >= 0.6 is 0 Å². The van der Waals surface area contributed by atoms with Gasteiger partial charge in [-0.2, -0.15) is 0 Å². The molecular weight excluding hydrogens is 290 g/mol. The average molecular weight is 309 g/mol. The highest BCUT2D eigenvalue weighted by Gasteiger charge is 2.20. The van der Waals surface area contributed by atoms with Crippen LogP contribution in [-0.4, -0.2) is 23.5 Å². The third-order valence-corrected chi connectivity index (χ3v) is 4.40. The van der Waals surface area contributed by atoms with Crippen molar-refractivity contribution < 1.29 is 14.7 Å². The van der Waals surface area contributed by atoms with E-state index in [2.05, 4.69) is 5.32 Å². The lowest BCUT2D eigenvalue weighted by molar-refractivity contribution is 0.0697. The van der Waals surface area contributed by atoms with Crippen LogP contribution in [0, 0.1) is 5.92 Å². The van der Waals surface area contributed by atoms with Gasteiger partial charge in [0, 0.05) is 12.1 Å². The molecule has 1 saturated carbocycles. The van der Waals surface area contributed by atoms with Crippen molar-refractivity contribution in [2.45, 2.75) is 19.3 Å². The summed E-state index contributed by atoms with van der Waals surface area (Å²) in [6, 6.07) is 13.9. The maximum atomic E-state index is 12.5. The Morgan fingerprint density at radius 1 is 0.957 bits per heavy atom. The van der Waals surface area contributed by atoms with Crippen molar-refractivity contribution in [3.8, 4) is 11.1 Å². The van der Waals surface area contributed by atoms with E-state index in [1.165, 1.54) is 19.3 Å². The molecule has 0 heterocycles. The summed E-state index contributed by atoms with van der Waals surface area (Å²) in [6.07, 6.45) is 3.58. The molecule has 0 atom stereocenters. The number of aromatic carboxylic acids is 1. The van der Waals surface area contributed by atoms with Crippen LogP contribution in [0.4, 0.5) is 0 Å². The van der Waals surface area contributed by atoms with Gasteiger partial charge in [0.05, 0.1) is 5.56 Å². The molecule has 0 aliphatic heterocycles. The Morgan fingerprint density at radius 3 is 2.09 bits per heavy atom. The van der Waals surface area contributed by atoms with Crippen LogP contribution in [0.5, 0.6) is 0 Å². The number of rotatable bonds is 5. The second kappa shape index (κ2) is 6.65. The van der Waals surface area contributed by atoms with Gasteiger partial charge in [0.25, 0.3) is 5.91 Å². The van der Waals surface area contributed by atoms with Crippen LogP contribution < -0.4 is 5.32 Å². The lowest BCUT2D eigenvalue weighted by Gasteiger charge is -2.25. The van der Waals surface area contributed by atoms with Crippen LogP contribution in [0.2, 0.25) is 0 Å². The summed E-state index contributed by atoms with van der Waals surface area (Å²) in [7, 11) is 0. The molecule has 4 heteroatoms. The predicted octanol–water partition coefficient (Wildman–Crippen LogP) is 3.58. The smallest absolute Gasteiger partial charge is 0.336 e. The zero-order chi connectivity index (χ0) is 16.2. The number of hydrogen-bond donors (Lipinski definition) is 2. The fourth-order valence-electron chi connectivity index (χ4n) is 2.85. The summed E-state index contributed by atoms with van der Waals surface area (Å²) in [5, 5.41) is 12.3. The van der Waals surface area contributed by atoms with Gasteiger partial charge < -0.3 is 10.4 Å². The summed E-state index contributed by atoms with van der Waals surface area (Å²) in [6.45, 7) is 0.688. The molecule has 23 heavy (non-hydrogen) atoms.